The van der Waals surface area contributed by atoms with Crippen molar-refractivity contribution in [2.24, 2.45) is 5.73 Å². The lowest BCUT2D eigenvalue weighted by Gasteiger charge is -2.09. The van der Waals surface area contributed by atoms with Gasteiger partial charge in [-0.15, -0.1) is 0 Å². The highest BCUT2D eigenvalue weighted by molar-refractivity contribution is 5.93. The first-order chi connectivity index (χ1) is 7.34. The van der Waals surface area contributed by atoms with Gasteiger partial charge < -0.3 is 10.5 Å². The molecule has 88 valence electrons. The van der Waals surface area contributed by atoms with Crippen LogP contribution in [0.25, 0.3) is 0 Å². The van der Waals surface area contributed by atoms with Crippen LogP contribution < -0.4 is 10.5 Å². The molecule has 0 radical (unpaired) electrons. The second-order valence-corrected chi connectivity index (χ2v) is 2.61. The van der Waals surface area contributed by atoms with Crippen molar-refractivity contribution < 1.29 is 31.5 Å². The molecule has 3 nitrogen and oxygen atoms in total. The maximum atomic E-state index is 13.2. The van der Waals surface area contributed by atoms with Gasteiger partial charge in [0.2, 0.25) is 11.6 Å². The van der Waals surface area contributed by atoms with Gasteiger partial charge in [-0.25, -0.2) is 8.78 Å². The molecule has 0 heterocycles. The van der Waals surface area contributed by atoms with Crippen molar-refractivity contribution in [2.45, 2.75) is 6.61 Å². The third-order valence-electron chi connectivity index (χ3n) is 1.59. The molecule has 0 aromatic heterocycles. The summed E-state index contributed by atoms with van der Waals surface area (Å²) in [7, 11) is 0. The second-order valence-electron chi connectivity index (χ2n) is 2.61. The van der Waals surface area contributed by atoms with Crippen LogP contribution in [0.1, 0.15) is 10.4 Å². The first-order valence-electron chi connectivity index (χ1n) is 3.76. The Morgan fingerprint density at radius 1 is 1.25 bits per heavy atom. The molecular weight excluding hydrogens is 237 g/mol. The number of amides is 1. The summed E-state index contributed by atoms with van der Waals surface area (Å²) in [5.74, 6) is -8.56. The number of hydrogen-bond acceptors (Lipinski definition) is 2. The van der Waals surface area contributed by atoms with Crippen LogP contribution in [0.5, 0.6) is 5.75 Å². The summed E-state index contributed by atoms with van der Waals surface area (Å²) in [4.78, 5) is 10.6. The average Bonchev–Trinajstić information content (AvgIpc) is 2.17. The maximum Gasteiger partial charge on any atom is 0.387 e. The standard InChI is InChI=1S/C8H4F5NO2/c9-3-1-2(7(14)15)4(10)6(5(3)11)16-8(12)13/h1,8H,(H2,14,15). The van der Waals surface area contributed by atoms with Crippen LogP contribution in [0.15, 0.2) is 6.07 Å². The number of carbonyl (C=O) groups is 1. The van der Waals surface area contributed by atoms with E-state index in [0.29, 0.717) is 0 Å². The summed E-state index contributed by atoms with van der Waals surface area (Å²) in [6.45, 7) is -3.56. The van der Waals surface area contributed by atoms with Crippen molar-refractivity contribution in [1.29, 1.82) is 0 Å². The molecule has 0 aliphatic heterocycles. The second kappa shape index (κ2) is 4.33. The Bertz CT molecular complexity index is 435. The Labute approximate surface area is 85.6 Å². The molecule has 16 heavy (non-hydrogen) atoms. The van der Waals surface area contributed by atoms with Crippen molar-refractivity contribution in [1.82, 2.24) is 0 Å². The van der Waals surface area contributed by atoms with E-state index in [1.807, 2.05) is 0 Å². The molecule has 0 saturated carbocycles. The van der Waals surface area contributed by atoms with Crippen LogP contribution in [0, 0.1) is 17.5 Å². The molecule has 0 bridgehead atoms. The number of primary amides is 1. The highest BCUT2D eigenvalue weighted by Gasteiger charge is 2.24. The average molecular weight is 241 g/mol. The van der Waals surface area contributed by atoms with Gasteiger partial charge in [0, 0.05) is 0 Å². The summed E-state index contributed by atoms with van der Waals surface area (Å²) < 4.78 is 65.7. The summed E-state index contributed by atoms with van der Waals surface area (Å²) >= 11 is 0. The molecule has 1 rings (SSSR count). The monoisotopic (exact) mass is 241 g/mol. The summed E-state index contributed by atoms with van der Waals surface area (Å²) in [6.07, 6.45) is 0. The van der Waals surface area contributed by atoms with E-state index in [9.17, 15) is 26.7 Å². The minimum atomic E-state index is -3.56. The Morgan fingerprint density at radius 2 is 1.81 bits per heavy atom. The zero-order valence-electron chi connectivity index (χ0n) is 7.44. The van der Waals surface area contributed by atoms with Gasteiger partial charge in [0.1, 0.15) is 0 Å². The molecule has 0 spiro atoms. The first kappa shape index (κ1) is 12.2. The number of rotatable bonds is 3. The number of benzene rings is 1. The number of alkyl halides is 2. The molecule has 0 fully saturated rings. The van der Waals surface area contributed by atoms with Gasteiger partial charge in [-0.3, -0.25) is 4.79 Å². The van der Waals surface area contributed by atoms with Gasteiger partial charge in [0.05, 0.1) is 5.56 Å². The third kappa shape index (κ3) is 2.20. The molecule has 0 saturated heterocycles. The Morgan fingerprint density at radius 3 is 2.25 bits per heavy atom. The van der Waals surface area contributed by atoms with Crippen LogP contribution in [-0.2, 0) is 0 Å². The van der Waals surface area contributed by atoms with Crippen LogP contribution in [0.4, 0.5) is 22.0 Å². The fourth-order valence-corrected chi connectivity index (χ4v) is 0.952. The molecule has 1 amide bonds. The van der Waals surface area contributed by atoms with Crippen molar-refractivity contribution in [3.8, 4) is 5.75 Å². The SMILES string of the molecule is NC(=O)c1cc(F)c(F)c(OC(F)F)c1F. The van der Waals surface area contributed by atoms with Crippen LogP contribution in [0.3, 0.4) is 0 Å². The number of halogens is 5. The van der Waals surface area contributed by atoms with E-state index >= 15 is 0 Å². The third-order valence-corrected chi connectivity index (χ3v) is 1.59. The predicted molar refractivity (Wildman–Crippen MR) is 41.5 cm³/mol. The first-order valence-corrected chi connectivity index (χ1v) is 3.76. The van der Waals surface area contributed by atoms with E-state index < -0.39 is 41.3 Å². The lowest BCUT2D eigenvalue weighted by Crippen LogP contribution is -2.16. The molecule has 0 aliphatic rings. The molecular formula is C8H4F5NO2. The molecule has 0 aliphatic carbocycles. The fourth-order valence-electron chi connectivity index (χ4n) is 0.952. The van der Waals surface area contributed by atoms with E-state index in [2.05, 4.69) is 10.5 Å². The van der Waals surface area contributed by atoms with E-state index in [0.717, 1.165) is 0 Å². The smallest absolute Gasteiger partial charge is 0.387 e. The van der Waals surface area contributed by atoms with Crippen LogP contribution in [0.2, 0.25) is 0 Å². The molecule has 1 aromatic carbocycles. The molecule has 8 heteroatoms. The van der Waals surface area contributed by atoms with E-state index in [1.165, 1.54) is 0 Å². The van der Waals surface area contributed by atoms with Gasteiger partial charge in [-0.05, 0) is 6.07 Å². The van der Waals surface area contributed by atoms with Crippen LogP contribution >= 0.6 is 0 Å². The van der Waals surface area contributed by atoms with Gasteiger partial charge in [-0.2, -0.15) is 13.2 Å². The number of hydrogen-bond donors (Lipinski definition) is 1. The van der Waals surface area contributed by atoms with Crippen molar-refractivity contribution in [2.75, 3.05) is 0 Å². The van der Waals surface area contributed by atoms with E-state index in [4.69, 9.17) is 0 Å². The quantitative estimate of drug-likeness (QED) is 0.648. The Balaban J connectivity index is 3.39. The van der Waals surface area contributed by atoms with Crippen molar-refractivity contribution >= 4 is 5.91 Å². The topological polar surface area (TPSA) is 52.3 Å². The minimum Gasteiger partial charge on any atom is -0.428 e. The summed E-state index contributed by atoms with van der Waals surface area (Å²) in [5, 5.41) is 0. The summed E-state index contributed by atoms with van der Waals surface area (Å²) in [6, 6.07) is 0.158. The fraction of sp³-hybridized carbons (Fsp3) is 0.125. The van der Waals surface area contributed by atoms with Gasteiger partial charge in [0.25, 0.3) is 5.91 Å². The highest BCUT2D eigenvalue weighted by Crippen LogP contribution is 2.28. The zero-order valence-corrected chi connectivity index (χ0v) is 7.44. The van der Waals surface area contributed by atoms with E-state index in [1.54, 1.807) is 0 Å². The molecule has 2 N–H and O–H groups in total. The van der Waals surface area contributed by atoms with Gasteiger partial charge in [0.15, 0.2) is 11.6 Å². The predicted octanol–water partition coefficient (Wildman–Crippen LogP) is 1.80. The largest absolute Gasteiger partial charge is 0.428 e. The molecule has 1 aromatic rings. The van der Waals surface area contributed by atoms with Gasteiger partial charge >= 0.3 is 6.61 Å². The Kier molecular flexibility index (Phi) is 3.31. The van der Waals surface area contributed by atoms with Crippen LogP contribution in [-0.4, -0.2) is 12.5 Å². The van der Waals surface area contributed by atoms with Gasteiger partial charge in [-0.1, -0.05) is 0 Å². The van der Waals surface area contributed by atoms with Crippen molar-refractivity contribution in [3.05, 3.63) is 29.1 Å². The molecule has 0 unspecified atom stereocenters. The maximum absolute atomic E-state index is 13.2. The number of ether oxygens (including phenoxy) is 1. The lowest BCUT2D eigenvalue weighted by molar-refractivity contribution is -0.0550. The summed E-state index contributed by atoms with van der Waals surface area (Å²) in [5.41, 5.74) is 3.55. The highest BCUT2D eigenvalue weighted by atomic mass is 19.3. The number of carbonyl (C=O) groups excluding carboxylic acids is 1. The zero-order chi connectivity index (χ0) is 12.5. The number of nitrogens with two attached hydrogens (primary N) is 1. The lowest BCUT2D eigenvalue weighted by atomic mass is 10.1. The minimum absolute atomic E-state index is 0.158. The molecule has 0 atom stereocenters. The normalized spacial score (nSPS) is 10.6. The van der Waals surface area contributed by atoms with E-state index in [-0.39, 0.29) is 6.07 Å². The Hall–Kier alpha value is -1.86. The van der Waals surface area contributed by atoms with Crippen molar-refractivity contribution in [3.63, 3.8) is 0 Å².